The molecule has 0 bridgehead atoms. The summed E-state index contributed by atoms with van der Waals surface area (Å²) in [4.78, 5) is 3.29. The van der Waals surface area contributed by atoms with Crippen molar-refractivity contribution in [3.8, 4) is 11.8 Å². The molecule has 0 amide bonds. The number of rotatable bonds is 3. The van der Waals surface area contributed by atoms with Crippen LogP contribution in [0.15, 0.2) is 42.7 Å². The number of nitrogens with one attached hydrogen (secondary N) is 1. The van der Waals surface area contributed by atoms with Crippen LogP contribution in [-0.2, 0) is 6.54 Å². The van der Waals surface area contributed by atoms with Crippen LogP contribution in [0, 0.1) is 18.3 Å². The molecule has 132 valence electrons. The van der Waals surface area contributed by atoms with Gasteiger partial charge in [0, 0.05) is 34.2 Å². The zero-order valence-electron chi connectivity index (χ0n) is 15.5. The number of aromatic nitrogens is 3. The largest absolute Gasteiger partial charge is 0.496 e. The molecule has 0 aliphatic rings. The molecular formula is C21H22N4O. The number of H-pyrrole nitrogens is 1. The van der Waals surface area contributed by atoms with Crippen LogP contribution in [0.3, 0.4) is 0 Å². The molecule has 2 aromatic heterocycles. The van der Waals surface area contributed by atoms with Crippen molar-refractivity contribution in [2.24, 2.45) is 0 Å². The van der Waals surface area contributed by atoms with Crippen molar-refractivity contribution in [3.63, 3.8) is 0 Å². The third-order valence-electron chi connectivity index (χ3n) is 4.34. The summed E-state index contributed by atoms with van der Waals surface area (Å²) >= 11 is 0. The van der Waals surface area contributed by atoms with Gasteiger partial charge in [0.05, 0.1) is 30.8 Å². The summed E-state index contributed by atoms with van der Waals surface area (Å²) in [6.45, 7) is 6.67. The average Bonchev–Trinajstić information content (AvgIpc) is 3.31. The van der Waals surface area contributed by atoms with E-state index in [1.807, 2.05) is 55.2 Å². The molecule has 0 atom stereocenters. The van der Waals surface area contributed by atoms with Crippen molar-refractivity contribution in [1.29, 1.82) is 5.26 Å². The van der Waals surface area contributed by atoms with E-state index in [4.69, 9.17) is 10.00 Å². The Labute approximate surface area is 152 Å². The van der Waals surface area contributed by atoms with Crippen LogP contribution >= 0.6 is 0 Å². The number of ether oxygens (including phenoxy) is 1. The Kier molecular flexibility index (Phi) is 4.94. The molecule has 0 spiro atoms. The summed E-state index contributed by atoms with van der Waals surface area (Å²) in [6, 6.07) is 11.8. The monoisotopic (exact) mass is 346 g/mol. The number of fused-ring (bicyclic) bond motifs is 2. The quantitative estimate of drug-likeness (QED) is 0.580. The Morgan fingerprint density at radius 3 is 2.77 bits per heavy atom. The van der Waals surface area contributed by atoms with Crippen LogP contribution in [0.1, 0.15) is 30.5 Å². The molecule has 0 fully saturated rings. The van der Waals surface area contributed by atoms with Crippen molar-refractivity contribution >= 4 is 21.8 Å². The summed E-state index contributed by atoms with van der Waals surface area (Å²) in [6.07, 6.45) is 3.94. The fraction of sp³-hybridized carbons (Fsp3) is 0.238. The van der Waals surface area contributed by atoms with Gasteiger partial charge >= 0.3 is 0 Å². The van der Waals surface area contributed by atoms with Gasteiger partial charge in [0.15, 0.2) is 0 Å². The van der Waals surface area contributed by atoms with E-state index in [2.05, 4.69) is 29.1 Å². The second-order valence-electron chi connectivity index (χ2n) is 5.85. The van der Waals surface area contributed by atoms with Gasteiger partial charge in [-0.1, -0.05) is 13.8 Å². The van der Waals surface area contributed by atoms with Crippen LogP contribution in [-0.4, -0.2) is 21.9 Å². The van der Waals surface area contributed by atoms with Gasteiger partial charge in [-0.3, -0.25) is 4.68 Å². The Morgan fingerprint density at radius 1 is 1.23 bits per heavy atom. The van der Waals surface area contributed by atoms with E-state index in [0.717, 1.165) is 38.7 Å². The maximum absolute atomic E-state index is 9.02. The first-order chi connectivity index (χ1) is 12.7. The smallest absolute Gasteiger partial charge is 0.124 e. The lowest BCUT2D eigenvalue weighted by Crippen LogP contribution is -2.03. The molecule has 0 saturated heterocycles. The Morgan fingerprint density at radius 2 is 2.04 bits per heavy atom. The van der Waals surface area contributed by atoms with Crippen LogP contribution in [0.5, 0.6) is 5.75 Å². The first-order valence-electron chi connectivity index (χ1n) is 8.70. The Balaban J connectivity index is 0.000000948. The van der Waals surface area contributed by atoms with Crippen LogP contribution in [0.4, 0.5) is 0 Å². The highest BCUT2D eigenvalue weighted by Gasteiger charge is 2.13. The molecule has 0 unspecified atom stereocenters. The minimum absolute atomic E-state index is 0.606. The molecule has 0 saturated carbocycles. The summed E-state index contributed by atoms with van der Waals surface area (Å²) in [5, 5.41) is 15.8. The zero-order valence-corrected chi connectivity index (χ0v) is 15.5. The van der Waals surface area contributed by atoms with E-state index in [1.165, 1.54) is 0 Å². The summed E-state index contributed by atoms with van der Waals surface area (Å²) in [5.74, 6) is 0.858. The van der Waals surface area contributed by atoms with Crippen LogP contribution < -0.4 is 4.74 Å². The summed E-state index contributed by atoms with van der Waals surface area (Å²) in [5.41, 5.74) is 4.81. The van der Waals surface area contributed by atoms with Gasteiger partial charge < -0.3 is 9.72 Å². The van der Waals surface area contributed by atoms with Gasteiger partial charge in [-0.2, -0.15) is 10.4 Å². The van der Waals surface area contributed by atoms with Gasteiger partial charge in [-0.15, -0.1) is 0 Å². The zero-order chi connectivity index (χ0) is 18.7. The van der Waals surface area contributed by atoms with Crippen molar-refractivity contribution in [1.82, 2.24) is 14.8 Å². The number of aryl methyl sites for hydroxylation is 1. The minimum Gasteiger partial charge on any atom is -0.496 e. The highest BCUT2D eigenvalue weighted by molar-refractivity contribution is 5.88. The van der Waals surface area contributed by atoms with Gasteiger partial charge in [-0.05, 0) is 42.8 Å². The van der Waals surface area contributed by atoms with Gasteiger partial charge in [0.25, 0.3) is 0 Å². The number of methoxy groups -OCH3 is 1. The predicted molar refractivity (Wildman–Crippen MR) is 104 cm³/mol. The predicted octanol–water partition coefficient (Wildman–Crippen LogP) is 4.78. The second-order valence-corrected chi connectivity index (χ2v) is 5.85. The molecule has 4 rings (SSSR count). The SMILES string of the molecule is CC.COc1cc(C)c2[nH]ccc2c1Cn1cc2ccc(C#N)cc2n1. The lowest BCUT2D eigenvalue weighted by Gasteiger charge is -2.12. The lowest BCUT2D eigenvalue weighted by molar-refractivity contribution is 0.408. The average molecular weight is 346 g/mol. The Hall–Kier alpha value is -3.26. The van der Waals surface area contributed by atoms with E-state index in [9.17, 15) is 0 Å². The molecular weight excluding hydrogens is 324 g/mol. The number of nitriles is 1. The second kappa shape index (κ2) is 7.32. The number of benzene rings is 2. The van der Waals surface area contributed by atoms with E-state index in [0.29, 0.717) is 12.1 Å². The highest BCUT2D eigenvalue weighted by Crippen LogP contribution is 2.31. The molecule has 2 heterocycles. The van der Waals surface area contributed by atoms with E-state index < -0.39 is 0 Å². The molecule has 26 heavy (non-hydrogen) atoms. The van der Waals surface area contributed by atoms with E-state index in [1.54, 1.807) is 7.11 Å². The minimum atomic E-state index is 0.606. The van der Waals surface area contributed by atoms with Crippen LogP contribution in [0.2, 0.25) is 0 Å². The molecule has 0 aliphatic carbocycles. The molecule has 5 heteroatoms. The fourth-order valence-electron chi connectivity index (χ4n) is 3.16. The maximum atomic E-state index is 9.02. The third-order valence-corrected chi connectivity index (χ3v) is 4.34. The van der Waals surface area contributed by atoms with Gasteiger partial charge in [-0.25, -0.2) is 0 Å². The van der Waals surface area contributed by atoms with Gasteiger partial charge in [0.2, 0.25) is 0 Å². The van der Waals surface area contributed by atoms with E-state index in [-0.39, 0.29) is 0 Å². The standard InChI is InChI=1S/C19H16N4O.C2H6/c1-12-7-18(24-2)16(15-5-6-21-19(12)15)11-23-10-14-4-3-13(9-20)8-17(14)22-23;1-2/h3-8,10,21H,11H2,1-2H3;1-2H3. The maximum Gasteiger partial charge on any atom is 0.124 e. The normalized spacial score (nSPS) is 10.4. The fourth-order valence-corrected chi connectivity index (χ4v) is 3.16. The van der Waals surface area contributed by atoms with Crippen molar-refractivity contribution in [2.75, 3.05) is 7.11 Å². The molecule has 4 aromatic rings. The third kappa shape index (κ3) is 3.02. The van der Waals surface area contributed by atoms with Crippen LogP contribution in [0.25, 0.3) is 21.8 Å². The van der Waals surface area contributed by atoms with Crippen molar-refractivity contribution in [2.45, 2.75) is 27.3 Å². The molecule has 0 aliphatic heterocycles. The lowest BCUT2D eigenvalue weighted by atomic mass is 10.0. The molecule has 0 radical (unpaired) electrons. The molecule has 2 aromatic carbocycles. The topological polar surface area (TPSA) is 66.6 Å². The Bertz CT molecular complexity index is 1100. The molecule has 1 N–H and O–H groups in total. The number of hydrogen-bond donors (Lipinski definition) is 1. The molecule has 5 nitrogen and oxygen atoms in total. The highest BCUT2D eigenvalue weighted by atomic mass is 16.5. The van der Waals surface area contributed by atoms with Crippen molar-refractivity contribution in [3.05, 3.63) is 59.4 Å². The summed E-state index contributed by atoms with van der Waals surface area (Å²) < 4.78 is 7.48. The van der Waals surface area contributed by atoms with Gasteiger partial charge in [0.1, 0.15) is 5.75 Å². The number of nitrogens with zero attached hydrogens (tertiary/aromatic N) is 3. The van der Waals surface area contributed by atoms with E-state index >= 15 is 0 Å². The first kappa shape index (κ1) is 17.6. The number of aromatic amines is 1. The number of hydrogen-bond acceptors (Lipinski definition) is 3. The first-order valence-corrected chi connectivity index (χ1v) is 8.70. The summed E-state index contributed by atoms with van der Waals surface area (Å²) in [7, 11) is 1.69. The van der Waals surface area contributed by atoms with Crippen molar-refractivity contribution < 1.29 is 4.74 Å².